The molecule has 0 aliphatic carbocycles. The Bertz CT molecular complexity index is 849. The number of nitrogens with one attached hydrogen (secondary N) is 2. The summed E-state index contributed by atoms with van der Waals surface area (Å²) in [5, 5.41) is 5.52. The maximum absolute atomic E-state index is 12.1. The van der Waals surface area contributed by atoms with Crippen molar-refractivity contribution in [2.45, 2.75) is 20.0 Å². The molecule has 2 N–H and O–H groups in total. The van der Waals surface area contributed by atoms with Gasteiger partial charge in [-0.2, -0.15) is 0 Å². The summed E-state index contributed by atoms with van der Waals surface area (Å²) in [4.78, 5) is 16.2. The predicted octanol–water partition coefficient (Wildman–Crippen LogP) is 4.87. The van der Waals surface area contributed by atoms with Crippen molar-refractivity contribution >= 4 is 17.5 Å². The molecule has 0 aliphatic heterocycles. The minimum Gasteiger partial charge on any atom is -0.489 e. The standard InChI is InChI=1S/C21H21N3O2/c1-2-16-12-13-22-20(14-16)24-21(25)23-18-8-10-19(11-9-18)26-15-17-6-4-3-5-7-17/h3-14H,2,15H2,1H3,(H2,22,23,24,25). The van der Waals surface area contributed by atoms with Crippen molar-refractivity contribution in [1.29, 1.82) is 0 Å². The van der Waals surface area contributed by atoms with Gasteiger partial charge >= 0.3 is 6.03 Å². The number of aromatic nitrogens is 1. The van der Waals surface area contributed by atoms with E-state index in [2.05, 4.69) is 22.5 Å². The fraction of sp³-hybridized carbons (Fsp3) is 0.143. The van der Waals surface area contributed by atoms with E-state index in [1.807, 2.05) is 54.6 Å². The van der Waals surface area contributed by atoms with Crippen molar-refractivity contribution in [3.63, 3.8) is 0 Å². The molecule has 0 saturated carbocycles. The highest BCUT2D eigenvalue weighted by atomic mass is 16.5. The largest absolute Gasteiger partial charge is 0.489 e. The first-order valence-electron chi connectivity index (χ1n) is 8.52. The third kappa shape index (κ3) is 5.08. The van der Waals surface area contributed by atoms with Crippen LogP contribution in [0.1, 0.15) is 18.1 Å². The van der Waals surface area contributed by atoms with E-state index in [1.165, 1.54) is 0 Å². The zero-order valence-corrected chi connectivity index (χ0v) is 14.6. The van der Waals surface area contributed by atoms with Crippen LogP contribution in [0.25, 0.3) is 0 Å². The number of carbonyl (C=O) groups is 1. The third-order valence-electron chi connectivity index (χ3n) is 3.83. The van der Waals surface area contributed by atoms with Gasteiger partial charge in [-0.25, -0.2) is 9.78 Å². The minimum atomic E-state index is -0.330. The Kier molecular flexibility index (Phi) is 5.83. The molecule has 0 atom stereocenters. The number of aryl methyl sites for hydroxylation is 1. The van der Waals surface area contributed by atoms with Gasteiger partial charge in [0.25, 0.3) is 0 Å². The van der Waals surface area contributed by atoms with Gasteiger partial charge in [-0.15, -0.1) is 0 Å². The molecule has 0 unspecified atom stereocenters. The Hall–Kier alpha value is -3.34. The van der Waals surface area contributed by atoms with E-state index >= 15 is 0 Å². The molecule has 0 bridgehead atoms. The number of ether oxygens (including phenoxy) is 1. The molecule has 1 heterocycles. The van der Waals surface area contributed by atoms with Crippen molar-refractivity contribution in [2.24, 2.45) is 0 Å². The topological polar surface area (TPSA) is 63.2 Å². The van der Waals surface area contributed by atoms with E-state index in [1.54, 1.807) is 18.3 Å². The van der Waals surface area contributed by atoms with E-state index in [0.717, 1.165) is 23.3 Å². The Morgan fingerprint density at radius 1 is 0.962 bits per heavy atom. The molecule has 3 rings (SSSR count). The molecule has 0 saturated heterocycles. The highest BCUT2D eigenvalue weighted by Gasteiger charge is 2.04. The van der Waals surface area contributed by atoms with Gasteiger partial charge in [0.2, 0.25) is 0 Å². The molecule has 26 heavy (non-hydrogen) atoms. The van der Waals surface area contributed by atoms with Crippen LogP contribution in [0, 0.1) is 0 Å². The van der Waals surface area contributed by atoms with Gasteiger partial charge in [0.05, 0.1) is 0 Å². The maximum Gasteiger partial charge on any atom is 0.324 e. The summed E-state index contributed by atoms with van der Waals surface area (Å²) in [7, 11) is 0. The number of carbonyl (C=O) groups excluding carboxylic acids is 1. The second-order valence-corrected chi connectivity index (χ2v) is 5.78. The van der Waals surface area contributed by atoms with Crippen molar-refractivity contribution < 1.29 is 9.53 Å². The Balaban J connectivity index is 1.52. The Labute approximate surface area is 153 Å². The quantitative estimate of drug-likeness (QED) is 0.669. The van der Waals surface area contributed by atoms with Gasteiger partial charge < -0.3 is 10.1 Å². The lowest BCUT2D eigenvalue weighted by Crippen LogP contribution is -2.20. The summed E-state index contributed by atoms with van der Waals surface area (Å²) in [6.07, 6.45) is 2.58. The van der Waals surface area contributed by atoms with E-state index in [4.69, 9.17) is 4.74 Å². The summed E-state index contributed by atoms with van der Waals surface area (Å²) < 4.78 is 5.73. The number of hydrogen-bond acceptors (Lipinski definition) is 3. The van der Waals surface area contributed by atoms with Gasteiger partial charge in [0, 0.05) is 11.9 Å². The van der Waals surface area contributed by atoms with Crippen LogP contribution in [0.4, 0.5) is 16.3 Å². The first kappa shape index (κ1) is 17.5. The van der Waals surface area contributed by atoms with Crippen LogP contribution in [-0.2, 0) is 13.0 Å². The molecule has 3 aromatic rings. The molecule has 2 aromatic carbocycles. The van der Waals surface area contributed by atoms with Crippen molar-refractivity contribution in [2.75, 3.05) is 10.6 Å². The van der Waals surface area contributed by atoms with Crippen LogP contribution in [-0.4, -0.2) is 11.0 Å². The summed E-state index contributed by atoms with van der Waals surface area (Å²) in [6, 6.07) is 20.7. The molecule has 0 spiro atoms. The summed E-state index contributed by atoms with van der Waals surface area (Å²) >= 11 is 0. The zero-order chi connectivity index (χ0) is 18.2. The number of hydrogen-bond donors (Lipinski definition) is 2. The molecular weight excluding hydrogens is 326 g/mol. The third-order valence-corrected chi connectivity index (χ3v) is 3.83. The van der Waals surface area contributed by atoms with Gasteiger partial charge in [0.1, 0.15) is 18.2 Å². The van der Waals surface area contributed by atoms with Gasteiger partial charge in [-0.3, -0.25) is 5.32 Å². The monoisotopic (exact) mass is 347 g/mol. The van der Waals surface area contributed by atoms with Crippen molar-refractivity contribution in [3.8, 4) is 5.75 Å². The lowest BCUT2D eigenvalue weighted by Gasteiger charge is -2.09. The summed E-state index contributed by atoms with van der Waals surface area (Å²) in [5.41, 5.74) is 2.91. The number of nitrogens with zero attached hydrogens (tertiary/aromatic N) is 1. The first-order chi connectivity index (χ1) is 12.7. The number of amides is 2. The molecule has 2 amide bonds. The normalized spacial score (nSPS) is 10.2. The lowest BCUT2D eigenvalue weighted by atomic mass is 10.2. The minimum absolute atomic E-state index is 0.330. The summed E-state index contributed by atoms with van der Waals surface area (Å²) in [6.45, 7) is 2.56. The van der Waals surface area contributed by atoms with Gasteiger partial charge in [-0.1, -0.05) is 37.3 Å². The number of pyridine rings is 1. The zero-order valence-electron chi connectivity index (χ0n) is 14.6. The van der Waals surface area contributed by atoms with Crippen molar-refractivity contribution in [1.82, 2.24) is 4.98 Å². The van der Waals surface area contributed by atoms with Crippen LogP contribution >= 0.6 is 0 Å². The van der Waals surface area contributed by atoms with E-state index in [9.17, 15) is 4.79 Å². The van der Waals surface area contributed by atoms with E-state index in [-0.39, 0.29) is 6.03 Å². The highest BCUT2D eigenvalue weighted by molar-refractivity contribution is 5.99. The predicted molar refractivity (Wildman–Crippen MR) is 103 cm³/mol. The molecular formula is C21H21N3O2. The van der Waals surface area contributed by atoms with Crippen LogP contribution < -0.4 is 15.4 Å². The average Bonchev–Trinajstić information content (AvgIpc) is 2.68. The number of urea groups is 1. The molecule has 0 aliphatic rings. The fourth-order valence-electron chi connectivity index (χ4n) is 2.42. The SMILES string of the molecule is CCc1ccnc(NC(=O)Nc2ccc(OCc3ccccc3)cc2)c1. The Morgan fingerprint density at radius 3 is 2.46 bits per heavy atom. The molecule has 0 radical (unpaired) electrons. The molecule has 132 valence electrons. The fourth-order valence-corrected chi connectivity index (χ4v) is 2.42. The van der Waals surface area contributed by atoms with Crippen LogP contribution in [0.3, 0.4) is 0 Å². The van der Waals surface area contributed by atoms with Crippen LogP contribution in [0.5, 0.6) is 5.75 Å². The summed E-state index contributed by atoms with van der Waals surface area (Å²) in [5.74, 6) is 1.28. The maximum atomic E-state index is 12.1. The molecule has 0 fully saturated rings. The number of anilines is 2. The van der Waals surface area contributed by atoms with E-state index < -0.39 is 0 Å². The first-order valence-corrected chi connectivity index (χ1v) is 8.52. The Morgan fingerprint density at radius 2 is 1.73 bits per heavy atom. The lowest BCUT2D eigenvalue weighted by molar-refractivity contribution is 0.262. The van der Waals surface area contributed by atoms with Gasteiger partial charge in [-0.05, 0) is 53.9 Å². The van der Waals surface area contributed by atoms with E-state index in [0.29, 0.717) is 18.1 Å². The van der Waals surface area contributed by atoms with Crippen molar-refractivity contribution in [3.05, 3.63) is 84.1 Å². The molecule has 5 heteroatoms. The van der Waals surface area contributed by atoms with Crippen LogP contribution in [0.15, 0.2) is 72.9 Å². The van der Waals surface area contributed by atoms with Crippen LogP contribution in [0.2, 0.25) is 0 Å². The molecule has 1 aromatic heterocycles. The average molecular weight is 347 g/mol. The smallest absolute Gasteiger partial charge is 0.324 e. The highest BCUT2D eigenvalue weighted by Crippen LogP contribution is 2.17. The second-order valence-electron chi connectivity index (χ2n) is 5.78. The number of rotatable bonds is 6. The number of benzene rings is 2. The molecule has 5 nitrogen and oxygen atoms in total. The second kappa shape index (κ2) is 8.67. The van der Waals surface area contributed by atoms with Gasteiger partial charge in [0.15, 0.2) is 0 Å².